The van der Waals surface area contributed by atoms with Crippen molar-refractivity contribution in [3.63, 3.8) is 0 Å². The van der Waals surface area contributed by atoms with Crippen molar-refractivity contribution in [1.29, 1.82) is 0 Å². The van der Waals surface area contributed by atoms with Crippen LogP contribution in [0, 0.1) is 12.7 Å². The molecule has 1 N–H and O–H groups in total. The van der Waals surface area contributed by atoms with Crippen LogP contribution in [0.5, 0.6) is 5.75 Å². The summed E-state index contributed by atoms with van der Waals surface area (Å²) in [6.45, 7) is 3.44. The Kier molecular flexibility index (Phi) is 5.48. The molecular weight excluding hydrogens is 305 g/mol. The average Bonchev–Trinajstić information content (AvgIpc) is 3.38. The zero-order valence-electron chi connectivity index (χ0n) is 14.0. The standard InChI is InChI=1S/C20H24FNO2/c1-15-5-2-3-8-20(15)24-14-19(23)13-22(18-9-10-18)12-16-6-4-7-17(21)11-16/h2-8,11,18-19,23H,9-10,12-14H2,1H3. The Morgan fingerprint density at radius 3 is 2.71 bits per heavy atom. The van der Waals surface area contributed by atoms with E-state index >= 15 is 0 Å². The van der Waals surface area contributed by atoms with Crippen molar-refractivity contribution in [2.24, 2.45) is 0 Å². The van der Waals surface area contributed by atoms with Crippen LogP contribution in [0.3, 0.4) is 0 Å². The van der Waals surface area contributed by atoms with Crippen LogP contribution in [0.15, 0.2) is 48.5 Å². The Morgan fingerprint density at radius 1 is 1.21 bits per heavy atom. The molecule has 2 aromatic rings. The predicted molar refractivity (Wildman–Crippen MR) is 92.5 cm³/mol. The highest BCUT2D eigenvalue weighted by Gasteiger charge is 2.30. The summed E-state index contributed by atoms with van der Waals surface area (Å²) in [5.41, 5.74) is 2.00. The molecule has 1 aliphatic rings. The number of benzene rings is 2. The molecule has 0 amide bonds. The summed E-state index contributed by atoms with van der Waals surface area (Å²) < 4.78 is 19.1. The van der Waals surface area contributed by atoms with E-state index < -0.39 is 6.10 Å². The first kappa shape index (κ1) is 16.9. The van der Waals surface area contributed by atoms with E-state index in [1.54, 1.807) is 12.1 Å². The minimum absolute atomic E-state index is 0.216. The molecule has 0 spiro atoms. The first-order chi connectivity index (χ1) is 11.6. The van der Waals surface area contributed by atoms with Crippen molar-refractivity contribution in [1.82, 2.24) is 4.90 Å². The second-order valence-corrected chi connectivity index (χ2v) is 6.52. The smallest absolute Gasteiger partial charge is 0.123 e. The van der Waals surface area contributed by atoms with Crippen molar-refractivity contribution < 1.29 is 14.2 Å². The summed E-state index contributed by atoms with van der Waals surface area (Å²) in [6, 6.07) is 14.9. The van der Waals surface area contributed by atoms with Crippen molar-refractivity contribution in [3.8, 4) is 5.75 Å². The minimum Gasteiger partial charge on any atom is -0.491 e. The molecule has 4 heteroatoms. The number of halogens is 1. The van der Waals surface area contributed by atoms with Crippen LogP contribution < -0.4 is 4.74 Å². The molecule has 3 rings (SSSR count). The first-order valence-electron chi connectivity index (χ1n) is 8.47. The number of hydrogen-bond donors (Lipinski definition) is 1. The fraction of sp³-hybridized carbons (Fsp3) is 0.400. The summed E-state index contributed by atoms with van der Waals surface area (Å²) in [5.74, 6) is 0.589. The lowest BCUT2D eigenvalue weighted by Crippen LogP contribution is -2.36. The maximum absolute atomic E-state index is 13.4. The van der Waals surface area contributed by atoms with E-state index in [0.29, 0.717) is 19.1 Å². The van der Waals surface area contributed by atoms with Crippen LogP contribution in [0.25, 0.3) is 0 Å². The molecule has 1 unspecified atom stereocenters. The molecule has 1 aliphatic carbocycles. The summed E-state index contributed by atoms with van der Waals surface area (Å²) in [6.07, 6.45) is 1.71. The lowest BCUT2D eigenvalue weighted by Gasteiger charge is -2.25. The van der Waals surface area contributed by atoms with Gasteiger partial charge in [0.25, 0.3) is 0 Å². The van der Waals surface area contributed by atoms with Crippen LogP contribution in [0.4, 0.5) is 4.39 Å². The van der Waals surface area contributed by atoms with Crippen molar-refractivity contribution in [3.05, 3.63) is 65.5 Å². The molecule has 0 aromatic heterocycles. The first-order valence-corrected chi connectivity index (χ1v) is 8.47. The number of aryl methyl sites for hydroxylation is 1. The zero-order chi connectivity index (χ0) is 16.9. The normalized spacial score (nSPS) is 15.5. The van der Waals surface area contributed by atoms with Gasteiger partial charge in [-0.3, -0.25) is 4.90 Å². The maximum Gasteiger partial charge on any atom is 0.123 e. The number of nitrogens with zero attached hydrogens (tertiary/aromatic N) is 1. The molecule has 128 valence electrons. The fourth-order valence-electron chi connectivity index (χ4n) is 2.88. The predicted octanol–water partition coefficient (Wildman–Crippen LogP) is 3.54. The van der Waals surface area contributed by atoms with Gasteiger partial charge in [0.05, 0.1) is 0 Å². The van der Waals surface area contributed by atoms with E-state index in [9.17, 15) is 9.50 Å². The Labute approximate surface area is 142 Å². The van der Waals surface area contributed by atoms with Crippen molar-refractivity contribution in [2.75, 3.05) is 13.2 Å². The van der Waals surface area contributed by atoms with Crippen LogP contribution in [-0.4, -0.2) is 35.3 Å². The molecule has 1 atom stereocenters. The highest BCUT2D eigenvalue weighted by atomic mass is 19.1. The molecule has 0 aliphatic heterocycles. The Bertz CT molecular complexity index is 672. The topological polar surface area (TPSA) is 32.7 Å². The van der Waals surface area contributed by atoms with Gasteiger partial charge in [0, 0.05) is 19.1 Å². The van der Waals surface area contributed by atoms with Gasteiger partial charge in [-0.2, -0.15) is 0 Å². The third-order valence-corrected chi connectivity index (χ3v) is 4.31. The van der Waals surface area contributed by atoms with Crippen LogP contribution in [0.1, 0.15) is 24.0 Å². The van der Waals surface area contributed by atoms with Gasteiger partial charge in [0.15, 0.2) is 0 Å². The van der Waals surface area contributed by atoms with E-state index in [2.05, 4.69) is 4.90 Å². The summed E-state index contributed by atoms with van der Waals surface area (Å²) in [5, 5.41) is 10.3. The molecule has 1 fully saturated rings. The third-order valence-electron chi connectivity index (χ3n) is 4.31. The lowest BCUT2D eigenvalue weighted by atomic mass is 10.2. The van der Waals surface area contributed by atoms with Crippen LogP contribution >= 0.6 is 0 Å². The second kappa shape index (κ2) is 7.77. The number of hydrogen-bond acceptors (Lipinski definition) is 3. The molecule has 3 nitrogen and oxygen atoms in total. The van der Waals surface area contributed by atoms with Gasteiger partial charge in [0.2, 0.25) is 0 Å². The number of aliphatic hydroxyl groups is 1. The summed E-state index contributed by atoms with van der Waals surface area (Å²) in [4.78, 5) is 2.22. The van der Waals surface area contributed by atoms with E-state index in [0.717, 1.165) is 29.7 Å². The molecule has 1 saturated carbocycles. The Balaban J connectivity index is 1.54. The monoisotopic (exact) mass is 329 g/mol. The van der Waals surface area contributed by atoms with Gasteiger partial charge in [0.1, 0.15) is 24.3 Å². The Morgan fingerprint density at radius 2 is 2.00 bits per heavy atom. The Hall–Kier alpha value is -1.91. The fourth-order valence-corrected chi connectivity index (χ4v) is 2.88. The maximum atomic E-state index is 13.4. The van der Waals surface area contributed by atoms with Gasteiger partial charge in [-0.15, -0.1) is 0 Å². The summed E-state index contributed by atoms with van der Waals surface area (Å²) >= 11 is 0. The minimum atomic E-state index is -0.571. The van der Waals surface area contributed by atoms with Gasteiger partial charge in [-0.1, -0.05) is 30.3 Å². The SMILES string of the molecule is Cc1ccccc1OCC(O)CN(Cc1cccc(F)c1)C1CC1. The molecule has 0 heterocycles. The molecule has 24 heavy (non-hydrogen) atoms. The molecule has 0 bridgehead atoms. The van der Waals surface area contributed by atoms with E-state index in [1.165, 1.54) is 6.07 Å². The largest absolute Gasteiger partial charge is 0.491 e. The van der Waals surface area contributed by atoms with E-state index in [1.807, 2.05) is 37.3 Å². The second-order valence-electron chi connectivity index (χ2n) is 6.52. The highest BCUT2D eigenvalue weighted by Crippen LogP contribution is 2.28. The van der Waals surface area contributed by atoms with Crippen molar-refractivity contribution in [2.45, 2.75) is 38.5 Å². The zero-order valence-corrected chi connectivity index (χ0v) is 14.0. The number of rotatable bonds is 8. The van der Waals surface area contributed by atoms with Gasteiger partial charge in [-0.25, -0.2) is 4.39 Å². The van der Waals surface area contributed by atoms with Gasteiger partial charge in [-0.05, 0) is 49.1 Å². The molecule has 0 saturated heterocycles. The number of ether oxygens (including phenoxy) is 1. The molecular formula is C20H24FNO2. The van der Waals surface area contributed by atoms with Crippen molar-refractivity contribution >= 4 is 0 Å². The van der Waals surface area contributed by atoms with Crippen LogP contribution in [0.2, 0.25) is 0 Å². The summed E-state index contributed by atoms with van der Waals surface area (Å²) in [7, 11) is 0. The van der Waals surface area contributed by atoms with Crippen LogP contribution in [-0.2, 0) is 6.54 Å². The van der Waals surface area contributed by atoms with E-state index in [4.69, 9.17) is 4.74 Å². The number of para-hydroxylation sites is 1. The highest BCUT2D eigenvalue weighted by molar-refractivity contribution is 5.31. The van der Waals surface area contributed by atoms with Gasteiger partial charge >= 0.3 is 0 Å². The number of aliphatic hydroxyl groups excluding tert-OH is 1. The quantitative estimate of drug-likeness (QED) is 0.804. The lowest BCUT2D eigenvalue weighted by molar-refractivity contribution is 0.0624. The average molecular weight is 329 g/mol. The van der Waals surface area contributed by atoms with Gasteiger partial charge < -0.3 is 9.84 Å². The third kappa shape index (κ3) is 4.79. The molecule has 2 aromatic carbocycles. The molecule has 0 radical (unpaired) electrons. The van der Waals surface area contributed by atoms with E-state index in [-0.39, 0.29) is 12.4 Å².